The van der Waals surface area contributed by atoms with Crippen LogP contribution in [0.2, 0.25) is 0 Å². The molecule has 1 aromatic carbocycles. The molecule has 6 nitrogen and oxygen atoms in total. The maximum atomic E-state index is 12.9. The van der Waals surface area contributed by atoms with Crippen molar-refractivity contribution in [3.63, 3.8) is 0 Å². The van der Waals surface area contributed by atoms with Gasteiger partial charge < -0.3 is 15.3 Å². The highest BCUT2D eigenvalue weighted by Crippen LogP contribution is 2.30. The van der Waals surface area contributed by atoms with Crippen LogP contribution < -0.4 is 5.32 Å². The second kappa shape index (κ2) is 8.10. The molecule has 1 aliphatic heterocycles. The zero-order valence-corrected chi connectivity index (χ0v) is 16.7. The fourth-order valence-electron chi connectivity index (χ4n) is 3.16. The van der Waals surface area contributed by atoms with Gasteiger partial charge in [0.15, 0.2) is 0 Å². The average molecular weight is 371 g/mol. The summed E-state index contributed by atoms with van der Waals surface area (Å²) in [7, 11) is 0. The highest BCUT2D eigenvalue weighted by molar-refractivity contribution is 5.89. The molecule has 146 valence electrons. The predicted octanol–water partition coefficient (Wildman–Crippen LogP) is 2.38. The average Bonchev–Trinajstić information content (AvgIpc) is 3.01. The largest absolute Gasteiger partial charge is 0.391 e. The summed E-state index contributed by atoms with van der Waals surface area (Å²) in [6, 6.07) is 8.15. The van der Waals surface area contributed by atoms with Crippen molar-refractivity contribution in [2.24, 2.45) is 11.3 Å². The van der Waals surface area contributed by atoms with E-state index in [9.17, 15) is 14.7 Å². The molecule has 2 N–H and O–H groups in total. The number of likely N-dealkylation sites (tertiary alicyclic amines) is 1. The summed E-state index contributed by atoms with van der Waals surface area (Å²) in [6.45, 7) is 9.87. The maximum Gasteiger partial charge on any atom is 0.243 e. The Balaban J connectivity index is 2.10. The fraction of sp³-hybridized carbons (Fsp3) is 0.571. The SMILES string of the molecule is C[C@H](NC(=O)[C@@H]1C[C@@H](O)CN1C(=O)[C@@H](C)C(C)(C)C)c1ccc(C#N)cc1. The number of aliphatic hydroxyl groups is 1. The van der Waals surface area contributed by atoms with Crippen LogP contribution in [0.1, 0.15) is 58.2 Å². The number of amides is 2. The Morgan fingerprint density at radius 3 is 2.37 bits per heavy atom. The number of nitrogens with zero attached hydrogens (tertiary/aromatic N) is 2. The van der Waals surface area contributed by atoms with E-state index in [1.165, 1.54) is 4.90 Å². The molecule has 27 heavy (non-hydrogen) atoms. The zero-order valence-electron chi connectivity index (χ0n) is 16.7. The normalized spacial score (nSPS) is 22.0. The van der Waals surface area contributed by atoms with E-state index >= 15 is 0 Å². The topological polar surface area (TPSA) is 93.4 Å². The number of carbonyl (C=O) groups is 2. The lowest BCUT2D eigenvalue weighted by Crippen LogP contribution is -2.49. The molecule has 4 atom stereocenters. The Bertz CT molecular complexity index is 731. The van der Waals surface area contributed by atoms with Crippen molar-refractivity contribution in [2.45, 2.75) is 59.2 Å². The Morgan fingerprint density at radius 2 is 1.85 bits per heavy atom. The van der Waals surface area contributed by atoms with Crippen molar-refractivity contribution in [3.05, 3.63) is 35.4 Å². The van der Waals surface area contributed by atoms with Gasteiger partial charge in [0, 0.05) is 18.9 Å². The van der Waals surface area contributed by atoms with E-state index in [1.807, 2.05) is 34.6 Å². The summed E-state index contributed by atoms with van der Waals surface area (Å²) in [4.78, 5) is 27.2. The van der Waals surface area contributed by atoms with Crippen LogP contribution in [-0.2, 0) is 9.59 Å². The van der Waals surface area contributed by atoms with Gasteiger partial charge >= 0.3 is 0 Å². The maximum absolute atomic E-state index is 12.9. The van der Waals surface area contributed by atoms with Gasteiger partial charge in [-0.15, -0.1) is 0 Å². The van der Waals surface area contributed by atoms with Crippen molar-refractivity contribution in [1.82, 2.24) is 10.2 Å². The molecular weight excluding hydrogens is 342 g/mol. The molecule has 2 amide bonds. The number of hydrogen-bond acceptors (Lipinski definition) is 4. The molecule has 2 rings (SSSR count). The molecule has 6 heteroatoms. The van der Waals surface area contributed by atoms with Crippen molar-refractivity contribution in [2.75, 3.05) is 6.54 Å². The molecule has 0 unspecified atom stereocenters. The lowest BCUT2D eigenvalue weighted by atomic mass is 9.81. The minimum atomic E-state index is -0.693. The summed E-state index contributed by atoms with van der Waals surface area (Å²) in [5.74, 6) is -0.628. The van der Waals surface area contributed by atoms with Crippen molar-refractivity contribution >= 4 is 11.8 Å². The summed E-state index contributed by atoms with van der Waals surface area (Å²) >= 11 is 0. The first-order chi connectivity index (χ1) is 12.5. The van der Waals surface area contributed by atoms with E-state index < -0.39 is 12.1 Å². The van der Waals surface area contributed by atoms with Crippen LogP contribution in [0.3, 0.4) is 0 Å². The summed E-state index contributed by atoms with van der Waals surface area (Å²) in [6.07, 6.45) is -0.448. The number of aliphatic hydroxyl groups excluding tert-OH is 1. The van der Waals surface area contributed by atoms with Crippen molar-refractivity contribution < 1.29 is 14.7 Å². The van der Waals surface area contributed by atoms with Crippen LogP contribution >= 0.6 is 0 Å². The molecule has 0 saturated carbocycles. The first kappa shape index (κ1) is 20.9. The van der Waals surface area contributed by atoms with Crippen LogP contribution in [-0.4, -0.2) is 40.5 Å². The second-order valence-electron chi connectivity index (χ2n) is 8.45. The number of β-amino-alcohol motifs (C(OH)–C–C–N with tert-alkyl or cyclic N) is 1. The molecule has 1 fully saturated rings. The van der Waals surface area contributed by atoms with E-state index in [-0.39, 0.29) is 42.2 Å². The second-order valence-corrected chi connectivity index (χ2v) is 8.45. The third-order valence-electron chi connectivity index (χ3n) is 5.43. The predicted molar refractivity (Wildman–Crippen MR) is 102 cm³/mol. The summed E-state index contributed by atoms with van der Waals surface area (Å²) in [5, 5.41) is 21.9. The number of nitriles is 1. The first-order valence-electron chi connectivity index (χ1n) is 9.33. The minimum absolute atomic E-state index is 0.106. The molecule has 1 aromatic rings. The van der Waals surface area contributed by atoms with E-state index in [4.69, 9.17) is 5.26 Å². The van der Waals surface area contributed by atoms with Gasteiger partial charge in [0.25, 0.3) is 0 Å². The number of rotatable bonds is 4. The van der Waals surface area contributed by atoms with Gasteiger partial charge in [-0.2, -0.15) is 5.26 Å². The Kier molecular flexibility index (Phi) is 6.27. The lowest BCUT2D eigenvalue weighted by molar-refractivity contribution is -0.144. The van der Waals surface area contributed by atoms with Gasteiger partial charge in [0.1, 0.15) is 6.04 Å². The third kappa shape index (κ3) is 4.86. The van der Waals surface area contributed by atoms with E-state index in [2.05, 4.69) is 11.4 Å². The Labute approximate surface area is 161 Å². The smallest absolute Gasteiger partial charge is 0.243 e. The third-order valence-corrected chi connectivity index (χ3v) is 5.43. The zero-order chi connectivity index (χ0) is 20.4. The van der Waals surface area contributed by atoms with E-state index in [1.54, 1.807) is 24.3 Å². The van der Waals surface area contributed by atoms with Crippen molar-refractivity contribution in [1.29, 1.82) is 5.26 Å². The number of hydrogen-bond donors (Lipinski definition) is 2. The van der Waals surface area contributed by atoms with Crippen LogP contribution in [0.25, 0.3) is 0 Å². The molecule has 0 aromatic heterocycles. The van der Waals surface area contributed by atoms with E-state index in [0.29, 0.717) is 5.56 Å². The van der Waals surface area contributed by atoms with Gasteiger partial charge in [0.2, 0.25) is 11.8 Å². The molecule has 0 aliphatic carbocycles. The number of carbonyl (C=O) groups excluding carboxylic acids is 2. The molecule has 1 saturated heterocycles. The standard InChI is InChI=1S/C21H29N3O3/c1-13(21(3,4)5)20(27)24-12-17(25)10-18(24)19(26)23-14(2)16-8-6-15(11-22)7-9-16/h6-9,13-14,17-18,25H,10,12H2,1-5H3,(H,23,26)/t13-,14+,17-,18+/m1/s1. The summed E-state index contributed by atoms with van der Waals surface area (Å²) < 4.78 is 0. The number of benzene rings is 1. The van der Waals surface area contributed by atoms with Gasteiger partial charge in [-0.3, -0.25) is 9.59 Å². The highest BCUT2D eigenvalue weighted by atomic mass is 16.3. The number of nitrogens with one attached hydrogen (secondary N) is 1. The van der Waals surface area contributed by atoms with Crippen molar-refractivity contribution in [3.8, 4) is 6.07 Å². The van der Waals surface area contributed by atoms with Gasteiger partial charge in [0.05, 0.1) is 23.8 Å². The van der Waals surface area contributed by atoms with Crippen LogP contribution in [0, 0.1) is 22.7 Å². The molecular formula is C21H29N3O3. The fourth-order valence-corrected chi connectivity index (χ4v) is 3.16. The minimum Gasteiger partial charge on any atom is -0.391 e. The van der Waals surface area contributed by atoms with E-state index in [0.717, 1.165) is 5.56 Å². The van der Waals surface area contributed by atoms with Crippen LogP contribution in [0.5, 0.6) is 0 Å². The molecule has 0 spiro atoms. The molecule has 0 radical (unpaired) electrons. The molecule has 1 aliphatic rings. The molecule has 1 heterocycles. The monoisotopic (exact) mass is 371 g/mol. The quantitative estimate of drug-likeness (QED) is 0.850. The lowest BCUT2D eigenvalue weighted by Gasteiger charge is -2.33. The first-order valence-corrected chi connectivity index (χ1v) is 9.33. The van der Waals surface area contributed by atoms with Gasteiger partial charge in [-0.05, 0) is 30.0 Å². The Morgan fingerprint density at radius 1 is 1.26 bits per heavy atom. The summed E-state index contributed by atoms with van der Waals surface area (Å²) in [5.41, 5.74) is 1.22. The highest BCUT2D eigenvalue weighted by Gasteiger charge is 2.42. The molecule has 0 bridgehead atoms. The van der Waals surface area contributed by atoms with Gasteiger partial charge in [-0.25, -0.2) is 0 Å². The van der Waals surface area contributed by atoms with Crippen LogP contribution in [0.15, 0.2) is 24.3 Å². The Hall–Kier alpha value is -2.39. The van der Waals surface area contributed by atoms with Gasteiger partial charge in [-0.1, -0.05) is 39.8 Å². The van der Waals surface area contributed by atoms with Crippen LogP contribution in [0.4, 0.5) is 0 Å².